The maximum Gasteiger partial charge on any atom is 0.289 e. The van der Waals surface area contributed by atoms with Gasteiger partial charge in [0.2, 0.25) is 0 Å². The molecule has 1 aliphatic heterocycles. The third kappa shape index (κ3) is 2.80. The lowest BCUT2D eigenvalue weighted by Crippen LogP contribution is -2.29. The zero-order chi connectivity index (χ0) is 14.9. The molecule has 2 heterocycles. The van der Waals surface area contributed by atoms with Crippen molar-refractivity contribution in [2.45, 2.75) is 19.9 Å². The molecule has 0 spiro atoms. The molecular weight excluding hydrogens is 332 g/mol. The maximum absolute atomic E-state index is 12.0. The molecule has 0 aliphatic carbocycles. The minimum atomic E-state index is -0.570. The van der Waals surface area contributed by atoms with Crippen molar-refractivity contribution >= 4 is 27.4 Å². The third-order valence-corrected chi connectivity index (χ3v) is 4.28. The van der Waals surface area contributed by atoms with Crippen LogP contribution >= 0.6 is 15.9 Å². The van der Waals surface area contributed by atoms with Gasteiger partial charge in [0.05, 0.1) is 28.7 Å². The standard InChI is InChI=1S/C12H13BrN2O5/c1-7-9(15(18)19)4-14(12(17)11(7)13)5-10(16)8-2-3-20-6-8/h4,8H,2-3,5-6H2,1H3. The number of pyridine rings is 1. The maximum atomic E-state index is 12.0. The Morgan fingerprint density at radius 2 is 2.35 bits per heavy atom. The first-order valence-corrected chi connectivity index (χ1v) is 6.85. The van der Waals surface area contributed by atoms with Crippen molar-refractivity contribution in [2.24, 2.45) is 5.92 Å². The number of hydrogen-bond acceptors (Lipinski definition) is 5. The van der Waals surface area contributed by atoms with E-state index in [4.69, 9.17) is 4.74 Å². The number of carbonyl (C=O) groups excluding carboxylic acids is 1. The minimum Gasteiger partial charge on any atom is -0.381 e. The highest BCUT2D eigenvalue weighted by Gasteiger charge is 2.25. The fourth-order valence-corrected chi connectivity index (χ4v) is 2.52. The number of carbonyl (C=O) groups is 1. The van der Waals surface area contributed by atoms with Crippen LogP contribution in [0.3, 0.4) is 0 Å². The number of halogens is 1. The number of rotatable bonds is 4. The Balaban J connectivity index is 2.34. The van der Waals surface area contributed by atoms with E-state index in [0.717, 1.165) is 10.8 Å². The smallest absolute Gasteiger partial charge is 0.289 e. The molecule has 1 unspecified atom stereocenters. The second-order valence-electron chi connectivity index (χ2n) is 4.67. The molecule has 1 aromatic heterocycles. The Hall–Kier alpha value is -1.54. The second kappa shape index (κ2) is 5.84. The molecule has 1 atom stereocenters. The zero-order valence-electron chi connectivity index (χ0n) is 10.8. The van der Waals surface area contributed by atoms with Crippen LogP contribution in [0.15, 0.2) is 15.5 Å². The van der Waals surface area contributed by atoms with Crippen LogP contribution < -0.4 is 5.56 Å². The fourth-order valence-electron chi connectivity index (χ4n) is 2.09. The van der Waals surface area contributed by atoms with Crippen LogP contribution in [-0.2, 0) is 16.1 Å². The lowest BCUT2D eigenvalue weighted by Gasteiger charge is -2.10. The summed E-state index contributed by atoms with van der Waals surface area (Å²) in [5.41, 5.74) is -0.375. The quantitative estimate of drug-likeness (QED) is 0.608. The van der Waals surface area contributed by atoms with Crippen molar-refractivity contribution in [3.05, 3.63) is 36.7 Å². The molecule has 0 radical (unpaired) electrons. The number of ether oxygens (including phenoxy) is 1. The van der Waals surface area contributed by atoms with E-state index in [9.17, 15) is 19.7 Å². The number of ketones is 1. The predicted molar refractivity (Wildman–Crippen MR) is 73.7 cm³/mol. The monoisotopic (exact) mass is 344 g/mol. The van der Waals surface area contributed by atoms with Gasteiger partial charge in [-0.15, -0.1) is 0 Å². The first kappa shape index (κ1) is 14.9. The molecule has 20 heavy (non-hydrogen) atoms. The van der Waals surface area contributed by atoms with Crippen LogP contribution in [0, 0.1) is 23.0 Å². The third-order valence-electron chi connectivity index (χ3n) is 3.35. The number of nitrogens with zero attached hydrogens (tertiary/aromatic N) is 2. The lowest BCUT2D eigenvalue weighted by molar-refractivity contribution is -0.386. The first-order chi connectivity index (χ1) is 9.41. The molecule has 1 fully saturated rings. The predicted octanol–water partition coefficient (Wildman–Crippen LogP) is 1.43. The van der Waals surface area contributed by atoms with Crippen LogP contribution in [-0.4, -0.2) is 28.5 Å². The molecule has 0 aromatic carbocycles. The van der Waals surface area contributed by atoms with Gasteiger partial charge in [-0.3, -0.25) is 19.7 Å². The van der Waals surface area contributed by atoms with Gasteiger partial charge in [-0.05, 0) is 29.3 Å². The van der Waals surface area contributed by atoms with Crippen LogP contribution in [0.5, 0.6) is 0 Å². The SMILES string of the molecule is Cc1c([N+](=O)[O-])cn(CC(=O)C2CCOC2)c(=O)c1Br. The van der Waals surface area contributed by atoms with Crippen molar-refractivity contribution in [2.75, 3.05) is 13.2 Å². The number of aromatic nitrogens is 1. The Labute approximate surface area is 122 Å². The summed E-state index contributed by atoms with van der Waals surface area (Å²) in [6, 6.07) is 0. The van der Waals surface area contributed by atoms with Gasteiger partial charge in [0.1, 0.15) is 0 Å². The Morgan fingerprint density at radius 3 is 2.90 bits per heavy atom. The Bertz CT molecular complexity index is 619. The fraction of sp³-hybridized carbons (Fsp3) is 0.500. The second-order valence-corrected chi connectivity index (χ2v) is 5.46. The van der Waals surface area contributed by atoms with E-state index in [1.807, 2.05) is 0 Å². The lowest BCUT2D eigenvalue weighted by atomic mass is 10.0. The largest absolute Gasteiger partial charge is 0.381 e. The van der Waals surface area contributed by atoms with Crippen molar-refractivity contribution < 1.29 is 14.5 Å². The average molecular weight is 345 g/mol. The highest BCUT2D eigenvalue weighted by atomic mass is 79.9. The summed E-state index contributed by atoms with van der Waals surface area (Å²) in [6.45, 7) is 2.19. The summed E-state index contributed by atoms with van der Waals surface area (Å²) in [7, 11) is 0. The van der Waals surface area contributed by atoms with E-state index in [2.05, 4.69) is 15.9 Å². The molecule has 0 N–H and O–H groups in total. The van der Waals surface area contributed by atoms with Crippen molar-refractivity contribution in [1.82, 2.24) is 4.57 Å². The van der Waals surface area contributed by atoms with Gasteiger partial charge < -0.3 is 9.30 Å². The van der Waals surface area contributed by atoms with E-state index in [1.165, 1.54) is 6.92 Å². The molecule has 8 heteroatoms. The molecule has 1 saturated heterocycles. The van der Waals surface area contributed by atoms with E-state index in [0.29, 0.717) is 19.6 Å². The van der Waals surface area contributed by atoms with E-state index < -0.39 is 10.5 Å². The van der Waals surface area contributed by atoms with Crippen LogP contribution in [0.4, 0.5) is 5.69 Å². The summed E-state index contributed by atoms with van der Waals surface area (Å²) in [5.74, 6) is -0.379. The van der Waals surface area contributed by atoms with Gasteiger partial charge in [0.15, 0.2) is 5.78 Å². The molecule has 0 bridgehead atoms. The highest BCUT2D eigenvalue weighted by Crippen LogP contribution is 2.22. The number of hydrogen-bond donors (Lipinski definition) is 0. The Kier molecular flexibility index (Phi) is 4.34. The number of nitro groups is 1. The Morgan fingerprint density at radius 1 is 1.65 bits per heavy atom. The highest BCUT2D eigenvalue weighted by molar-refractivity contribution is 9.10. The minimum absolute atomic E-state index is 0.113. The molecule has 0 saturated carbocycles. The summed E-state index contributed by atoms with van der Waals surface area (Å²) in [5, 5.41) is 10.9. The normalized spacial score (nSPS) is 18.2. The van der Waals surface area contributed by atoms with Crippen molar-refractivity contribution in [1.29, 1.82) is 0 Å². The zero-order valence-corrected chi connectivity index (χ0v) is 12.4. The average Bonchev–Trinajstić information content (AvgIpc) is 2.93. The molecular formula is C12H13BrN2O5. The van der Waals surface area contributed by atoms with Gasteiger partial charge in [-0.25, -0.2) is 0 Å². The van der Waals surface area contributed by atoms with Crippen LogP contribution in [0.25, 0.3) is 0 Å². The first-order valence-electron chi connectivity index (χ1n) is 6.06. The van der Waals surface area contributed by atoms with Crippen molar-refractivity contribution in [3.63, 3.8) is 0 Å². The van der Waals surface area contributed by atoms with Gasteiger partial charge >= 0.3 is 0 Å². The molecule has 2 rings (SSSR count). The van der Waals surface area contributed by atoms with Crippen LogP contribution in [0.1, 0.15) is 12.0 Å². The van der Waals surface area contributed by atoms with Gasteiger partial charge in [-0.1, -0.05) is 0 Å². The van der Waals surface area contributed by atoms with Gasteiger partial charge in [0, 0.05) is 18.1 Å². The molecule has 7 nitrogen and oxygen atoms in total. The van der Waals surface area contributed by atoms with E-state index in [1.54, 1.807) is 0 Å². The topological polar surface area (TPSA) is 91.4 Å². The van der Waals surface area contributed by atoms with Gasteiger partial charge in [0.25, 0.3) is 11.2 Å². The summed E-state index contributed by atoms with van der Waals surface area (Å²) in [6.07, 6.45) is 1.75. The summed E-state index contributed by atoms with van der Waals surface area (Å²) >= 11 is 3.05. The molecule has 108 valence electrons. The molecule has 1 aliphatic rings. The molecule has 1 aromatic rings. The summed E-state index contributed by atoms with van der Waals surface area (Å²) in [4.78, 5) is 34.4. The molecule has 0 amide bonds. The van der Waals surface area contributed by atoms with Gasteiger partial charge in [-0.2, -0.15) is 0 Å². The van der Waals surface area contributed by atoms with Crippen LogP contribution in [0.2, 0.25) is 0 Å². The van der Waals surface area contributed by atoms with E-state index in [-0.39, 0.29) is 34.0 Å². The summed E-state index contributed by atoms with van der Waals surface area (Å²) < 4.78 is 6.32. The van der Waals surface area contributed by atoms with E-state index >= 15 is 0 Å². The van der Waals surface area contributed by atoms with Crippen molar-refractivity contribution in [3.8, 4) is 0 Å². The number of Topliss-reactive ketones (excluding diaryl/α,β-unsaturated/α-hetero) is 1.